The Bertz CT molecular complexity index is 745. The van der Waals surface area contributed by atoms with Crippen LogP contribution in [0.15, 0.2) is 46.7 Å². The number of carbonyl (C=O) groups excluding carboxylic acids is 2. The van der Waals surface area contributed by atoms with Crippen LogP contribution in [-0.4, -0.2) is 36.1 Å². The van der Waals surface area contributed by atoms with E-state index in [0.717, 1.165) is 17.4 Å². The lowest BCUT2D eigenvalue weighted by Crippen LogP contribution is -2.33. The molecule has 0 bridgehead atoms. The van der Waals surface area contributed by atoms with Crippen molar-refractivity contribution < 1.29 is 27.5 Å². The Morgan fingerprint density at radius 3 is 2.28 bits per heavy atom. The highest BCUT2D eigenvalue weighted by molar-refractivity contribution is 6.20. The SMILES string of the molecule is C=C(C)/C(=C\C=C(/C(C)CC)N1C(=O)C(C)=C(CCOCCC)C1=O)C(F)(F)F. The number of rotatable bonds is 10. The molecular weight excluding hydrogens is 383 g/mol. The van der Waals surface area contributed by atoms with Crippen molar-refractivity contribution in [2.75, 3.05) is 13.2 Å². The van der Waals surface area contributed by atoms with E-state index in [1.807, 2.05) is 13.8 Å². The molecule has 1 unspecified atom stereocenters. The lowest BCUT2D eigenvalue weighted by atomic mass is 10.0. The molecule has 7 heteroatoms. The van der Waals surface area contributed by atoms with Crippen LogP contribution in [0.1, 0.15) is 53.9 Å². The monoisotopic (exact) mass is 413 g/mol. The normalized spacial score (nSPS) is 17.4. The zero-order valence-corrected chi connectivity index (χ0v) is 17.8. The van der Waals surface area contributed by atoms with Gasteiger partial charge in [0.1, 0.15) is 0 Å². The molecule has 1 aliphatic rings. The van der Waals surface area contributed by atoms with E-state index in [0.29, 0.717) is 30.8 Å². The maximum Gasteiger partial charge on any atom is 0.416 e. The number of hydrogen-bond acceptors (Lipinski definition) is 3. The highest BCUT2D eigenvalue weighted by Gasteiger charge is 2.39. The average Bonchev–Trinajstić information content (AvgIpc) is 2.83. The van der Waals surface area contributed by atoms with Gasteiger partial charge in [-0.25, -0.2) is 4.90 Å². The highest BCUT2D eigenvalue weighted by atomic mass is 19.4. The first kappa shape index (κ1) is 24.9. The molecule has 1 aliphatic heterocycles. The topological polar surface area (TPSA) is 46.6 Å². The van der Waals surface area contributed by atoms with Gasteiger partial charge in [0, 0.05) is 29.9 Å². The van der Waals surface area contributed by atoms with Crippen molar-refractivity contribution in [2.24, 2.45) is 5.92 Å². The smallest absolute Gasteiger partial charge is 0.381 e. The van der Waals surface area contributed by atoms with Crippen molar-refractivity contribution >= 4 is 11.8 Å². The Kier molecular flexibility index (Phi) is 9.08. The van der Waals surface area contributed by atoms with Crippen molar-refractivity contribution in [1.29, 1.82) is 0 Å². The molecule has 0 spiro atoms. The first-order valence-electron chi connectivity index (χ1n) is 9.78. The number of alkyl halides is 3. The molecule has 162 valence electrons. The Balaban J connectivity index is 3.28. The third-order valence-electron chi connectivity index (χ3n) is 4.84. The second-order valence-corrected chi connectivity index (χ2v) is 7.17. The van der Waals surface area contributed by atoms with Crippen LogP contribution in [0.2, 0.25) is 0 Å². The van der Waals surface area contributed by atoms with E-state index >= 15 is 0 Å². The first-order chi connectivity index (χ1) is 13.5. The summed E-state index contributed by atoms with van der Waals surface area (Å²) in [5.74, 6) is -1.27. The molecule has 2 amide bonds. The van der Waals surface area contributed by atoms with Crippen molar-refractivity contribution in [2.45, 2.75) is 60.1 Å². The number of hydrogen-bond donors (Lipinski definition) is 0. The van der Waals surface area contributed by atoms with Crippen LogP contribution >= 0.6 is 0 Å². The van der Waals surface area contributed by atoms with Gasteiger partial charge in [-0.05, 0) is 50.3 Å². The number of imide groups is 1. The predicted molar refractivity (Wildman–Crippen MR) is 107 cm³/mol. The molecule has 0 aliphatic carbocycles. The second-order valence-electron chi connectivity index (χ2n) is 7.17. The van der Waals surface area contributed by atoms with Gasteiger partial charge in [0.15, 0.2) is 0 Å². The molecular formula is C22H30F3NO3. The van der Waals surface area contributed by atoms with Crippen LogP contribution in [0.4, 0.5) is 13.2 Å². The standard InChI is InChI=1S/C22H30F3NO3/c1-7-12-29-13-11-17-16(6)20(27)26(21(17)28)19(15(5)8-2)10-9-18(14(3)4)22(23,24)25/h9-10,15H,3,7-8,11-13H2,1-2,4-6H3/b18-9+,19-10+. The maximum absolute atomic E-state index is 13.2. The fourth-order valence-electron chi connectivity index (χ4n) is 2.95. The van der Waals surface area contributed by atoms with E-state index in [2.05, 4.69) is 6.58 Å². The van der Waals surface area contributed by atoms with Crippen LogP contribution in [0.5, 0.6) is 0 Å². The first-order valence-corrected chi connectivity index (χ1v) is 9.78. The Labute approximate surface area is 170 Å². The van der Waals surface area contributed by atoms with E-state index in [1.54, 1.807) is 13.8 Å². The molecule has 1 atom stereocenters. The molecule has 1 rings (SSSR count). The van der Waals surface area contributed by atoms with Crippen LogP contribution in [0, 0.1) is 5.92 Å². The Morgan fingerprint density at radius 1 is 1.17 bits per heavy atom. The van der Waals surface area contributed by atoms with Gasteiger partial charge < -0.3 is 4.74 Å². The number of halogens is 3. The zero-order valence-electron chi connectivity index (χ0n) is 17.8. The number of allylic oxidation sites excluding steroid dienone is 5. The maximum atomic E-state index is 13.2. The lowest BCUT2D eigenvalue weighted by molar-refractivity contribution is -0.135. The van der Waals surface area contributed by atoms with E-state index in [9.17, 15) is 22.8 Å². The summed E-state index contributed by atoms with van der Waals surface area (Å²) < 4.78 is 45.1. The molecule has 0 saturated heterocycles. The molecule has 0 aromatic heterocycles. The van der Waals surface area contributed by atoms with Gasteiger partial charge in [-0.3, -0.25) is 9.59 Å². The number of amides is 2. The molecule has 29 heavy (non-hydrogen) atoms. The molecule has 0 aromatic rings. The molecule has 0 N–H and O–H groups in total. The third kappa shape index (κ3) is 6.16. The summed E-state index contributed by atoms with van der Waals surface area (Å²) in [6, 6.07) is 0. The highest BCUT2D eigenvalue weighted by Crippen LogP contribution is 2.33. The van der Waals surface area contributed by atoms with E-state index in [-0.39, 0.29) is 23.6 Å². The van der Waals surface area contributed by atoms with Crippen molar-refractivity contribution in [3.8, 4) is 0 Å². The lowest BCUT2D eigenvalue weighted by Gasteiger charge is -2.24. The molecule has 1 heterocycles. The third-order valence-corrected chi connectivity index (χ3v) is 4.84. The zero-order chi connectivity index (χ0) is 22.4. The minimum atomic E-state index is -4.57. The Hall–Kier alpha value is -2.15. The summed E-state index contributed by atoms with van der Waals surface area (Å²) in [6.45, 7) is 12.7. The number of ether oxygens (including phenoxy) is 1. The summed E-state index contributed by atoms with van der Waals surface area (Å²) in [5, 5.41) is 0. The number of nitrogens with zero attached hydrogens (tertiary/aromatic N) is 1. The van der Waals surface area contributed by atoms with E-state index < -0.39 is 23.6 Å². The van der Waals surface area contributed by atoms with Gasteiger partial charge in [-0.15, -0.1) is 0 Å². The fourth-order valence-corrected chi connectivity index (χ4v) is 2.95. The predicted octanol–water partition coefficient (Wildman–Crippen LogP) is 5.48. The average molecular weight is 413 g/mol. The molecule has 0 saturated carbocycles. The van der Waals surface area contributed by atoms with Crippen molar-refractivity contribution in [3.05, 3.63) is 46.7 Å². The van der Waals surface area contributed by atoms with Crippen molar-refractivity contribution in [3.63, 3.8) is 0 Å². The van der Waals surface area contributed by atoms with E-state index in [1.165, 1.54) is 13.0 Å². The van der Waals surface area contributed by atoms with E-state index in [4.69, 9.17) is 4.74 Å². The van der Waals surface area contributed by atoms with Gasteiger partial charge in [0.25, 0.3) is 11.8 Å². The van der Waals surface area contributed by atoms with Crippen molar-refractivity contribution in [1.82, 2.24) is 4.90 Å². The summed E-state index contributed by atoms with van der Waals surface area (Å²) in [6.07, 6.45) is -0.783. The molecule has 4 nitrogen and oxygen atoms in total. The molecule has 0 fully saturated rings. The minimum Gasteiger partial charge on any atom is -0.381 e. The van der Waals surface area contributed by atoms with Crippen LogP contribution in [0.25, 0.3) is 0 Å². The van der Waals surface area contributed by atoms with Crippen LogP contribution in [-0.2, 0) is 14.3 Å². The molecule has 0 radical (unpaired) electrons. The summed E-state index contributed by atoms with van der Waals surface area (Å²) >= 11 is 0. The Morgan fingerprint density at radius 2 is 1.79 bits per heavy atom. The van der Waals surface area contributed by atoms with Gasteiger partial charge in [-0.2, -0.15) is 13.2 Å². The van der Waals surface area contributed by atoms with Gasteiger partial charge >= 0.3 is 6.18 Å². The van der Waals surface area contributed by atoms with Gasteiger partial charge in [-0.1, -0.05) is 27.4 Å². The van der Waals surface area contributed by atoms with Crippen LogP contribution in [0.3, 0.4) is 0 Å². The minimum absolute atomic E-state index is 0.139. The summed E-state index contributed by atoms with van der Waals surface area (Å²) in [5.41, 5.74) is -0.131. The largest absolute Gasteiger partial charge is 0.416 e. The fraction of sp³-hybridized carbons (Fsp3) is 0.545. The number of carbonyl (C=O) groups is 2. The summed E-state index contributed by atoms with van der Waals surface area (Å²) in [7, 11) is 0. The quantitative estimate of drug-likeness (QED) is 0.271. The summed E-state index contributed by atoms with van der Waals surface area (Å²) in [4.78, 5) is 26.7. The second kappa shape index (κ2) is 10.6. The van der Waals surface area contributed by atoms with Crippen LogP contribution < -0.4 is 0 Å². The van der Waals surface area contributed by atoms with Gasteiger partial charge in [0.05, 0.1) is 12.2 Å². The molecule has 0 aromatic carbocycles. The van der Waals surface area contributed by atoms with Gasteiger partial charge in [0.2, 0.25) is 0 Å².